The number of hydrogen-bond acceptors (Lipinski definition) is 5. The lowest BCUT2D eigenvalue weighted by molar-refractivity contribution is -0.140. The lowest BCUT2D eigenvalue weighted by Gasteiger charge is -2.48. The first-order valence-electron chi connectivity index (χ1n) is 22.8. The molecule has 1 N–H and O–H groups in total. The van der Waals surface area contributed by atoms with Crippen LogP contribution in [0, 0.1) is 11.8 Å². The van der Waals surface area contributed by atoms with E-state index in [9.17, 15) is 9.90 Å². The Kier molecular flexibility index (Phi) is 17.0. The van der Waals surface area contributed by atoms with Crippen molar-refractivity contribution in [1.82, 2.24) is 0 Å². The van der Waals surface area contributed by atoms with Crippen LogP contribution in [0.4, 0.5) is 0 Å². The molecule has 0 radical (unpaired) electrons. The zero-order valence-corrected chi connectivity index (χ0v) is 40.6. The second-order valence-corrected chi connectivity index (χ2v) is 27.9. The molecule has 1 saturated carbocycles. The van der Waals surface area contributed by atoms with Crippen molar-refractivity contribution in [2.75, 3.05) is 7.11 Å². The van der Waals surface area contributed by atoms with Crippen LogP contribution < -0.4 is 20.7 Å². The number of rotatable bonds is 20. The topological polar surface area (TPSA) is 65.0 Å². The highest BCUT2D eigenvalue weighted by atomic mass is 28.4. The third-order valence-electron chi connectivity index (χ3n) is 12.9. The fraction of sp³-hybridized carbons (Fsp3) is 0.463. The van der Waals surface area contributed by atoms with Gasteiger partial charge in [0.25, 0.3) is 16.6 Å². The van der Waals surface area contributed by atoms with Gasteiger partial charge < -0.3 is 18.7 Å². The second kappa shape index (κ2) is 21.5. The van der Waals surface area contributed by atoms with Crippen molar-refractivity contribution < 1.29 is 23.5 Å². The highest BCUT2D eigenvalue weighted by Gasteiger charge is 2.55. The Labute approximate surface area is 370 Å². The van der Waals surface area contributed by atoms with Crippen LogP contribution >= 0.6 is 0 Å². The number of benzene rings is 4. The van der Waals surface area contributed by atoms with Crippen LogP contribution in [0.3, 0.4) is 0 Å². The first-order valence-corrected chi connectivity index (χ1v) is 26.6. The van der Waals surface area contributed by atoms with Crippen molar-refractivity contribution in [1.29, 1.82) is 0 Å². The van der Waals surface area contributed by atoms with E-state index in [-0.39, 0.29) is 34.0 Å². The summed E-state index contributed by atoms with van der Waals surface area (Å²) in [4.78, 5) is 11.9. The van der Waals surface area contributed by atoms with Gasteiger partial charge in [0, 0.05) is 12.3 Å². The summed E-state index contributed by atoms with van der Waals surface area (Å²) in [6, 6.07) is 43.5. The van der Waals surface area contributed by atoms with Crippen molar-refractivity contribution in [2.24, 2.45) is 11.8 Å². The second-order valence-electron chi connectivity index (χ2n) is 19.4. The molecule has 1 aliphatic carbocycles. The number of unbranched alkanes of at least 4 members (excludes halogenated alkanes) is 3. The smallest absolute Gasteiger partial charge is 0.305 e. The summed E-state index contributed by atoms with van der Waals surface area (Å²) in [5.41, 5.74) is -0.606. The van der Waals surface area contributed by atoms with Gasteiger partial charge in [-0.25, -0.2) is 0 Å². The van der Waals surface area contributed by atoms with E-state index in [2.05, 4.69) is 201 Å². The molecule has 0 aromatic heterocycles. The van der Waals surface area contributed by atoms with Crippen LogP contribution in [0.2, 0.25) is 10.1 Å². The van der Waals surface area contributed by atoms with Gasteiger partial charge >= 0.3 is 5.97 Å². The van der Waals surface area contributed by atoms with Gasteiger partial charge in [-0.15, -0.1) is 0 Å². The number of carbonyl (C=O) groups excluding carboxylic acids is 1. The molecule has 0 amide bonds. The molecule has 0 bridgehead atoms. The van der Waals surface area contributed by atoms with Gasteiger partial charge in [-0.1, -0.05) is 213 Å². The van der Waals surface area contributed by atoms with E-state index in [1.165, 1.54) is 27.9 Å². The quantitative estimate of drug-likeness (QED) is 0.0415. The van der Waals surface area contributed by atoms with Crippen LogP contribution in [-0.2, 0) is 18.4 Å². The first kappa shape index (κ1) is 48.2. The Bertz CT molecular complexity index is 1890. The van der Waals surface area contributed by atoms with Gasteiger partial charge in [0.05, 0.1) is 24.9 Å². The fourth-order valence-corrected chi connectivity index (χ4v) is 19.3. The Morgan fingerprint density at radius 2 is 1.16 bits per heavy atom. The zero-order chi connectivity index (χ0) is 44.2. The van der Waals surface area contributed by atoms with Crippen molar-refractivity contribution in [3.63, 3.8) is 0 Å². The van der Waals surface area contributed by atoms with E-state index in [1.54, 1.807) is 0 Å². The van der Waals surface area contributed by atoms with Gasteiger partial charge in [-0.3, -0.25) is 4.79 Å². The Balaban J connectivity index is 1.61. The SMILES string of the molecule is CCCCCC(C)(/C=C/[C@@H]1[C@@H](C/C=C/CCCC(=O)OC)[C@@H](O[Si](c2ccccc2)(c2ccccc2)C(C)(C)C)C[C@H]1O)O[Si](c1ccccc1)(c1ccccc1)C(C)(C)C. The molecule has 328 valence electrons. The van der Waals surface area contributed by atoms with Crippen LogP contribution in [0.25, 0.3) is 0 Å². The number of carbonyl (C=O) groups is 1. The molecule has 4 aromatic carbocycles. The average molecular weight is 859 g/mol. The van der Waals surface area contributed by atoms with Crippen molar-refractivity contribution >= 4 is 43.4 Å². The Morgan fingerprint density at radius 1 is 0.689 bits per heavy atom. The standard InChI is InChI=1S/C54H74O5Si2/c1-10-11-28-40-54(8,59-61(53(5,6)7,45-33-22-16-23-34-45)46-35-24-17-25-36-46)41-39-47-48(37-26-12-13-27-38-51(56)57-9)50(42-49(47)55)58-60(52(2,3)4,43-29-18-14-19-30-43)44-31-20-15-21-32-44/h12,14-26,29-36,39,41,47-50,55H,10-11,13,27-28,37-38,40,42H2,1-9H3/b26-12+,41-39+/t47-,48-,49-,50+,54?/m1/s1. The lowest BCUT2D eigenvalue weighted by Crippen LogP contribution is -2.69. The molecular formula is C54H74O5Si2. The minimum Gasteiger partial charge on any atom is -0.469 e. The van der Waals surface area contributed by atoms with Crippen molar-refractivity contribution in [3.8, 4) is 0 Å². The van der Waals surface area contributed by atoms with E-state index < -0.39 is 28.3 Å². The highest BCUT2D eigenvalue weighted by Crippen LogP contribution is 2.46. The van der Waals surface area contributed by atoms with Crippen LogP contribution in [0.1, 0.15) is 113 Å². The predicted octanol–water partition coefficient (Wildman–Crippen LogP) is 10.7. The molecule has 61 heavy (non-hydrogen) atoms. The molecule has 1 fully saturated rings. The van der Waals surface area contributed by atoms with E-state index >= 15 is 0 Å². The molecule has 0 heterocycles. The van der Waals surface area contributed by atoms with Crippen molar-refractivity contribution in [3.05, 3.63) is 146 Å². The minimum atomic E-state index is -2.93. The highest BCUT2D eigenvalue weighted by molar-refractivity contribution is 7.00. The van der Waals surface area contributed by atoms with E-state index in [0.717, 1.165) is 44.9 Å². The molecule has 0 spiro atoms. The lowest BCUT2D eigenvalue weighted by atomic mass is 9.88. The normalized spacial score (nSPS) is 20.0. The molecule has 4 aromatic rings. The molecule has 1 unspecified atom stereocenters. The van der Waals surface area contributed by atoms with E-state index in [0.29, 0.717) is 12.8 Å². The summed E-state index contributed by atoms with van der Waals surface area (Å²) in [6.07, 6.45) is 15.6. The summed E-state index contributed by atoms with van der Waals surface area (Å²) in [5.74, 6) is -0.327. The molecule has 5 atom stereocenters. The molecule has 5 nitrogen and oxygen atoms in total. The van der Waals surface area contributed by atoms with Gasteiger partial charge in [-0.05, 0) is 75.8 Å². The third-order valence-corrected chi connectivity index (χ3v) is 23.2. The average Bonchev–Trinajstić information content (AvgIpc) is 3.55. The third kappa shape index (κ3) is 11.4. The van der Waals surface area contributed by atoms with Gasteiger partial charge in [0.1, 0.15) is 0 Å². The minimum absolute atomic E-state index is 0.0116. The van der Waals surface area contributed by atoms with E-state index in [1.807, 2.05) is 0 Å². The van der Waals surface area contributed by atoms with E-state index in [4.69, 9.17) is 13.6 Å². The maximum atomic E-state index is 12.3. The summed E-state index contributed by atoms with van der Waals surface area (Å²) in [5, 5.41) is 16.9. The monoisotopic (exact) mass is 859 g/mol. The predicted molar refractivity (Wildman–Crippen MR) is 260 cm³/mol. The Morgan fingerprint density at radius 3 is 1.61 bits per heavy atom. The number of hydrogen-bond donors (Lipinski definition) is 1. The molecule has 0 saturated heterocycles. The maximum Gasteiger partial charge on any atom is 0.305 e. The number of esters is 1. The van der Waals surface area contributed by atoms with Crippen LogP contribution in [0.5, 0.6) is 0 Å². The molecule has 5 rings (SSSR count). The van der Waals surface area contributed by atoms with Crippen LogP contribution in [0.15, 0.2) is 146 Å². The first-order chi connectivity index (χ1) is 29.1. The molecule has 0 aliphatic heterocycles. The summed E-state index contributed by atoms with van der Waals surface area (Å²) >= 11 is 0. The number of aliphatic hydroxyl groups excluding tert-OH is 1. The summed E-state index contributed by atoms with van der Waals surface area (Å²) in [6.45, 7) is 18.5. The van der Waals surface area contributed by atoms with Gasteiger partial charge in [-0.2, -0.15) is 0 Å². The maximum absolute atomic E-state index is 12.3. The zero-order valence-electron chi connectivity index (χ0n) is 38.6. The molecular weight excluding hydrogens is 785 g/mol. The van der Waals surface area contributed by atoms with Gasteiger partial charge in [0.15, 0.2) is 0 Å². The number of allylic oxidation sites excluding steroid dienone is 2. The molecule has 7 heteroatoms. The summed E-state index contributed by atoms with van der Waals surface area (Å²) in [7, 11) is -4.41. The Hall–Kier alpha value is -3.86. The van der Waals surface area contributed by atoms with Crippen molar-refractivity contribution in [2.45, 2.75) is 141 Å². The largest absolute Gasteiger partial charge is 0.469 e. The van der Waals surface area contributed by atoms with Crippen LogP contribution in [-0.4, -0.2) is 52.6 Å². The number of methoxy groups -OCH3 is 1. The number of ether oxygens (including phenoxy) is 1. The van der Waals surface area contributed by atoms with Gasteiger partial charge in [0.2, 0.25) is 0 Å². The fourth-order valence-electron chi connectivity index (χ4n) is 9.78. The number of aliphatic hydroxyl groups is 1. The summed E-state index contributed by atoms with van der Waals surface area (Å²) < 4.78 is 20.7. The molecule has 1 aliphatic rings.